The lowest BCUT2D eigenvalue weighted by Crippen LogP contribution is -2.56. The molecule has 26 heavy (non-hydrogen) atoms. The van der Waals surface area contributed by atoms with Gasteiger partial charge in [0.25, 0.3) is 0 Å². The third kappa shape index (κ3) is 3.84. The molecule has 0 bridgehead atoms. The summed E-state index contributed by atoms with van der Waals surface area (Å²) in [5, 5.41) is 0. The first-order chi connectivity index (χ1) is 12.4. The van der Waals surface area contributed by atoms with E-state index >= 15 is 0 Å². The number of hydrogen-bond acceptors (Lipinski definition) is 3. The van der Waals surface area contributed by atoms with Gasteiger partial charge in [0.1, 0.15) is 11.2 Å². The van der Waals surface area contributed by atoms with E-state index in [9.17, 15) is 14.0 Å². The van der Waals surface area contributed by atoms with E-state index in [1.807, 2.05) is 4.90 Å². The molecule has 2 amide bonds. The molecule has 0 unspecified atom stereocenters. The third-order valence-corrected chi connectivity index (χ3v) is 5.47. The van der Waals surface area contributed by atoms with Crippen molar-refractivity contribution in [3.05, 3.63) is 30.1 Å². The molecule has 0 aromatic heterocycles. The Bertz CT molecular complexity index is 646. The Morgan fingerprint density at radius 2 is 1.31 bits per heavy atom. The number of nitrogens with zero attached hydrogens (tertiary/aromatic N) is 3. The van der Waals surface area contributed by atoms with Gasteiger partial charge in [-0.25, -0.2) is 4.39 Å². The fraction of sp³-hybridized carbons (Fsp3) is 0.600. The lowest BCUT2D eigenvalue weighted by Gasteiger charge is -2.40. The number of amides is 2. The summed E-state index contributed by atoms with van der Waals surface area (Å²) in [4.78, 5) is 31.6. The first kappa shape index (κ1) is 18.7. The summed E-state index contributed by atoms with van der Waals surface area (Å²) in [6, 6.07) is 6.42. The van der Waals surface area contributed by atoms with Gasteiger partial charge in [0.2, 0.25) is 11.8 Å². The topological polar surface area (TPSA) is 43.9 Å². The van der Waals surface area contributed by atoms with Gasteiger partial charge in [0.05, 0.1) is 0 Å². The van der Waals surface area contributed by atoms with E-state index in [4.69, 9.17) is 0 Å². The zero-order valence-corrected chi connectivity index (χ0v) is 15.7. The predicted molar refractivity (Wildman–Crippen MR) is 99.4 cm³/mol. The molecule has 142 valence electrons. The number of carbonyl (C=O) groups excluding carboxylic acids is 2. The molecule has 5 nitrogen and oxygen atoms in total. The van der Waals surface area contributed by atoms with Crippen molar-refractivity contribution in [2.24, 2.45) is 5.41 Å². The SMILES string of the molecule is CC(C)(C(=O)N1CCCCC1)C(=O)N1CCN(c2ccc(F)cc2)CC1. The molecule has 2 heterocycles. The largest absolute Gasteiger partial charge is 0.368 e. The van der Waals surface area contributed by atoms with E-state index in [2.05, 4.69) is 4.90 Å². The number of hydrogen-bond donors (Lipinski definition) is 0. The summed E-state index contributed by atoms with van der Waals surface area (Å²) < 4.78 is 13.1. The van der Waals surface area contributed by atoms with Gasteiger partial charge in [-0.05, 0) is 57.4 Å². The molecule has 2 saturated heterocycles. The van der Waals surface area contributed by atoms with Crippen molar-refractivity contribution in [2.75, 3.05) is 44.2 Å². The zero-order valence-electron chi connectivity index (χ0n) is 15.7. The molecular formula is C20H28FN3O2. The highest BCUT2D eigenvalue weighted by Crippen LogP contribution is 2.26. The van der Waals surface area contributed by atoms with E-state index in [1.54, 1.807) is 30.9 Å². The molecule has 0 aliphatic carbocycles. The van der Waals surface area contributed by atoms with Crippen LogP contribution in [0.3, 0.4) is 0 Å². The summed E-state index contributed by atoms with van der Waals surface area (Å²) in [6.07, 6.45) is 3.20. The zero-order chi connectivity index (χ0) is 18.7. The number of anilines is 1. The number of halogens is 1. The van der Waals surface area contributed by atoms with Gasteiger partial charge in [-0.2, -0.15) is 0 Å². The average Bonchev–Trinajstić information content (AvgIpc) is 2.68. The Labute approximate surface area is 154 Å². The summed E-state index contributed by atoms with van der Waals surface area (Å²) >= 11 is 0. The van der Waals surface area contributed by atoms with Crippen molar-refractivity contribution >= 4 is 17.5 Å². The Kier molecular flexibility index (Phi) is 5.49. The monoisotopic (exact) mass is 361 g/mol. The second-order valence-corrected chi connectivity index (χ2v) is 7.73. The van der Waals surface area contributed by atoms with Crippen LogP contribution in [0.15, 0.2) is 24.3 Å². The van der Waals surface area contributed by atoms with Crippen molar-refractivity contribution in [1.82, 2.24) is 9.80 Å². The number of benzene rings is 1. The number of piperidine rings is 1. The molecule has 0 spiro atoms. The molecule has 2 aliphatic heterocycles. The predicted octanol–water partition coefficient (Wildman–Crippen LogP) is 2.51. The van der Waals surface area contributed by atoms with Crippen LogP contribution in [0.2, 0.25) is 0 Å². The van der Waals surface area contributed by atoms with Gasteiger partial charge in [-0.15, -0.1) is 0 Å². The third-order valence-electron chi connectivity index (χ3n) is 5.47. The van der Waals surface area contributed by atoms with E-state index in [0.717, 1.165) is 38.0 Å². The highest BCUT2D eigenvalue weighted by molar-refractivity contribution is 6.04. The number of likely N-dealkylation sites (tertiary alicyclic amines) is 1. The lowest BCUT2D eigenvalue weighted by atomic mass is 9.88. The smallest absolute Gasteiger partial charge is 0.237 e. The van der Waals surface area contributed by atoms with Gasteiger partial charge in [-0.3, -0.25) is 9.59 Å². The Hall–Kier alpha value is -2.11. The molecule has 2 fully saturated rings. The fourth-order valence-corrected chi connectivity index (χ4v) is 3.80. The van der Waals surface area contributed by atoms with E-state index in [1.165, 1.54) is 12.1 Å². The van der Waals surface area contributed by atoms with Crippen molar-refractivity contribution in [2.45, 2.75) is 33.1 Å². The minimum atomic E-state index is -1.02. The highest BCUT2D eigenvalue weighted by Gasteiger charge is 2.42. The maximum atomic E-state index is 13.1. The lowest BCUT2D eigenvalue weighted by molar-refractivity contribution is -0.154. The average molecular weight is 361 g/mol. The van der Waals surface area contributed by atoms with Crippen LogP contribution in [0.4, 0.5) is 10.1 Å². The molecule has 1 aromatic carbocycles. The van der Waals surface area contributed by atoms with E-state index in [0.29, 0.717) is 26.2 Å². The fourth-order valence-electron chi connectivity index (χ4n) is 3.80. The molecule has 3 rings (SSSR count). The first-order valence-corrected chi connectivity index (χ1v) is 9.49. The van der Waals surface area contributed by atoms with Crippen LogP contribution in [-0.4, -0.2) is 60.9 Å². The van der Waals surface area contributed by atoms with Crippen molar-refractivity contribution in [3.63, 3.8) is 0 Å². The Morgan fingerprint density at radius 3 is 1.85 bits per heavy atom. The van der Waals surface area contributed by atoms with Gasteiger partial charge < -0.3 is 14.7 Å². The Morgan fingerprint density at radius 1 is 0.808 bits per heavy atom. The number of rotatable bonds is 3. The maximum absolute atomic E-state index is 13.1. The minimum Gasteiger partial charge on any atom is -0.368 e. The highest BCUT2D eigenvalue weighted by atomic mass is 19.1. The number of piperazine rings is 1. The molecule has 0 N–H and O–H groups in total. The quantitative estimate of drug-likeness (QED) is 0.777. The van der Waals surface area contributed by atoms with Crippen molar-refractivity contribution < 1.29 is 14.0 Å². The van der Waals surface area contributed by atoms with E-state index < -0.39 is 5.41 Å². The van der Waals surface area contributed by atoms with Gasteiger partial charge in [0.15, 0.2) is 0 Å². The maximum Gasteiger partial charge on any atom is 0.237 e. The normalized spacial score (nSPS) is 18.8. The summed E-state index contributed by atoms with van der Waals surface area (Å²) in [5.41, 5.74) is -0.0581. The second kappa shape index (κ2) is 7.64. The summed E-state index contributed by atoms with van der Waals surface area (Å²) in [7, 11) is 0. The van der Waals surface area contributed by atoms with Gasteiger partial charge in [0, 0.05) is 45.0 Å². The van der Waals surface area contributed by atoms with Gasteiger partial charge >= 0.3 is 0 Å². The second-order valence-electron chi connectivity index (χ2n) is 7.73. The number of carbonyl (C=O) groups is 2. The van der Waals surface area contributed by atoms with E-state index in [-0.39, 0.29) is 17.6 Å². The molecule has 6 heteroatoms. The van der Waals surface area contributed by atoms with Crippen LogP contribution >= 0.6 is 0 Å². The van der Waals surface area contributed by atoms with Crippen molar-refractivity contribution in [3.8, 4) is 0 Å². The Balaban J connectivity index is 1.60. The molecular weight excluding hydrogens is 333 g/mol. The van der Waals surface area contributed by atoms with Crippen LogP contribution in [0.5, 0.6) is 0 Å². The van der Waals surface area contributed by atoms with Crippen molar-refractivity contribution in [1.29, 1.82) is 0 Å². The first-order valence-electron chi connectivity index (χ1n) is 9.49. The van der Waals surface area contributed by atoms with Crippen LogP contribution in [0.25, 0.3) is 0 Å². The molecule has 0 atom stereocenters. The summed E-state index contributed by atoms with van der Waals surface area (Å²) in [5.74, 6) is -0.393. The molecule has 1 aromatic rings. The van der Waals surface area contributed by atoms with Crippen LogP contribution in [-0.2, 0) is 9.59 Å². The summed E-state index contributed by atoms with van der Waals surface area (Å²) in [6.45, 7) is 7.54. The molecule has 2 aliphatic rings. The van der Waals surface area contributed by atoms with Crippen LogP contribution in [0, 0.1) is 11.2 Å². The molecule has 0 radical (unpaired) electrons. The van der Waals surface area contributed by atoms with Gasteiger partial charge in [-0.1, -0.05) is 0 Å². The van der Waals surface area contributed by atoms with Crippen LogP contribution < -0.4 is 4.90 Å². The standard InChI is InChI=1S/C20H28FN3O2/c1-20(2,18(25)23-10-4-3-5-11-23)19(26)24-14-12-22(13-15-24)17-8-6-16(21)7-9-17/h6-9H,3-5,10-15H2,1-2H3. The minimum absolute atomic E-state index is 0.0526. The van der Waals surface area contributed by atoms with Crippen LogP contribution in [0.1, 0.15) is 33.1 Å². The molecule has 0 saturated carbocycles.